The molecule has 0 unspecified atom stereocenters. The van der Waals surface area contributed by atoms with Crippen molar-refractivity contribution in [2.45, 2.75) is 6.61 Å². The van der Waals surface area contributed by atoms with E-state index in [1.807, 2.05) is 0 Å². The molecule has 0 atom stereocenters. The minimum atomic E-state index is -3.03. The van der Waals surface area contributed by atoms with Crippen LogP contribution in [0, 0.1) is 0 Å². The summed E-state index contributed by atoms with van der Waals surface area (Å²) in [5.41, 5.74) is 0.362. The van der Waals surface area contributed by atoms with Gasteiger partial charge >= 0.3 is 6.61 Å². The molecule has 1 N–H and O–H groups in total. The summed E-state index contributed by atoms with van der Waals surface area (Å²) in [7, 11) is 0. The van der Waals surface area contributed by atoms with Gasteiger partial charge < -0.3 is 10.1 Å². The van der Waals surface area contributed by atoms with E-state index >= 15 is 0 Å². The molecule has 0 bridgehead atoms. The van der Waals surface area contributed by atoms with E-state index in [1.54, 1.807) is 0 Å². The Kier molecular flexibility index (Phi) is 5.08. The molecule has 0 saturated heterocycles. The van der Waals surface area contributed by atoms with Gasteiger partial charge in [0.15, 0.2) is 5.75 Å². The zero-order valence-electron chi connectivity index (χ0n) is 10.3. The first-order valence-corrected chi connectivity index (χ1v) is 6.79. The molecular weight excluding hydrogens is 370 g/mol. The molecule has 1 aromatic carbocycles. The van der Waals surface area contributed by atoms with Gasteiger partial charge in [0.25, 0.3) is 5.91 Å². The highest BCUT2D eigenvalue weighted by Crippen LogP contribution is 2.37. The van der Waals surface area contributed by atoms with Crippen LogP contribution in [0.3, 0.4) is 0 Å². The molecule has 1 heterocycles. The quantitative estimate of drug-likeness (QED) is 0.862. The van der Waals surface area contributed by atoms with Crippen molar-refractivity contribution in [3.63, 3.8) is 0 Å². The van der Waals surface area contributed by atoms with E-state index in [1.165, 1.54) is 36.7 Å². The molecule has 0 spiro atoms. The molecule has 1 amide bonds. The number of hydrogen-bond donors (Lipinski definition) is 1. The molecule has 1 aromatic heterocycles. The molecule has 0 saturated carbocycles. The maximum Gasteiger partial charge on any atom is 0.387 e. The van der Waals surface area contributed by atoms with Crippen molar-refractivity contribution in [3.05, 3.63) is 51.7 Å². The van der Waals surface area contributed by atoms with Crippen LogP contribution in [0.15, 0.2) is 41.1 Å². The number of anilines is 1. The number of pyridine rings is 1. The van der Waals surface area contributed by atoms with Crippen LogP contribution in [0.4, 0.5) is 14.5 Å². The van der Waals surface area contributed by atoms with Gasteiger partial charge in [0.1, 0.15) is 0 Å². The third-order valence-corrected chi connectivity index (χ3v) is 3.21. The van der Waals surface area contributed by atoms with Crippen LogP contribution < -0.4 is 10.1 Å². The third kappa shape index (κ3) is 4.12. The number of nitrogens with zero attached hydrogens (tertiary/aromatic N) is 1. The third-order valence-electron chi connectivity index (χ3n) is 2.41. The number of benzene rings is 1. The summed E-state index contributed by atoms with van der Waals surface area (Å²) >= 11 is 8.92. The first-order valence-electron chi connectivity index (χ1n) is 5.62. The number of amides is 1. The number of hydrogen-bond acceptors (Lipinski definition) is 3. The first-order chi connectivity index (χ1) is 9.97. The minimum absolute atomic E-state index is 0.0384. The zero-order chi connectivity index (χ0) is 15.4. The average Bonchev–Trinajstić information content (AvgIpc) is 2.43. The van der Waals surface area contributed by atoms with Gasteiger partial charge in [-0.2, -0.15) is 8.78 Å². The Balaban J connectivity index is 2.32. The number of nitrogens with one attached hydrogen (secondary N) is 1. The Morgan fingerprint density at radius 3 is 2.62 bits per heavy atom. The van der Waals surface area contributed by atoms with Gasteiger partial charge in [-0.05, 0) is 40.2 Å². The fourth-order valence-corrected chi connectivity index (χ4v) is 2.46. The molecule has 0 aliphatic rings. The van der Waals surface area contributed by atoms with Crippen molar-refractivity contribution < 1.29 is 18.3 Å². The zero-order valence-corrected chi connectivity index (χ0v) is 12.7. The van der Waals surface area contributed by atoms with Gasteiger partial charge in [0, 0.05) is 23.0 Å². The highest BCUT2D eigenvalue weighted by Gasteiger charge is 2.17. The maximum absolute atomic E-state index is 12.4. The van der Waals surface area contributed by atoms with E-state index < -0.39 is 12.5 Å². The summed E-state index contributed by atoms with van der Waals surface area (Å²) in [4.78, 5) is 15.8. The highest BCUT2D eigenvalue weighted by atomic mass is 79.9. The van der Waals surface area contributed by atoms with Gasteiger partial charge in [-0.15, -0.1) is 0 Å². The Morgan fingerprint density at radius 2 is 2.00 bits per heavy atom. The lowest BCUT2D eigenvalue weighted by Gasteiger charge is -2.14. The molecule has 0 fully saturated rings. The number of alkyl halides is 2. The number of carbonyl (C=O) groups excluding carboxylic acids is 1. The largest absolute Gasteiger partial charge is 0.431 e. The van der Waals surface area contributed by atoms with Crippen molar-refractivity contribution in [2.24, 2.45) is 0 Å². The Labute approximate surface area is 132 Å². The molecule has 2 rings (SSSR count). The minimum Gasteiger partial charge on any atom is -0.431 e. The molecule has 21 heavy (non-hydrogen) atoms. The predicted molar refractivity (Wildman–Crippen MR) is 78.0 cm³/mol. The van der Waals surface area contributed by atoms with Crippen LogP contribution in [-0.2, 0) is 0 Å². The lowest BCUT2D eigenvalue weighted by atomic mass is 10.2. The van der Waals surface area contributed by atoms with Crippen molar-refractivity contribution in [2.75, 3.05) is 5.32 Å². The summed E-state index contributed by atoms with van der Waals surface area (Å²) in [6, 6.07) is 5.69. The SMILES string of the molecule is O=C(Nc1cc(Cl)cc(Br)c1OC(F)F)c1ccncc1. The van der Waals surface area contributed by atoms with Crippen LogP contribution in [0.25, 0.3) is 0 Å². The lowest BCUT2D eigenvalue weighted by Crippen LogP contribution is -2.14. The van der Waals surface area contributed by atoms with Crippen molar-refractivity contribution in [1.82, 2.24) is 4.98 Å². The average molecular weight is 378 g/mol. The number of rotatable bonds is 4. The van der Waals surface area contributed by atoms with E-state index in [0.717, 1.165) is 0 Å². The van der Waals surface area contributed by atoms with Crippen molar-refractivity contribution >= 4 is 39.1 Å². The fraction of sp³-hybridized carbons (Fsp3) is 0.0769. The van der Waals surface area contributed by atoms with E-state index in [2.05, 4.69) is 31.0 Å². The van der Waals surface area contributed by atoms with Crippen molar-refractivity contribution in [3.8, 4) is 5.75 Å². The van der Waals surface area contributed by atoms with Crippen LogP contribution >= 0.6 is 27.5 Å². The number of ether oxygens (including phenoxy) is 1. The van der Waals surface area contributed by atoms with E-state index in [9.17, 15) is 13.6 Å². The van der Waals surface area contributed by atoms with Gasteiger partial charge in [0.05, 0.1) is 10.2 Å². The number of aromatic nitrogens is 1. The van der Waals surface area contributed by atoms with Crippen LogP contribution in [0.5, 0.6) is 5.75 Å². The summed E-state index contributed by atoms with van der Waals surface area (Å²) in [6.45, 7) is -3.03. The number of halogens is 4. The van der Waals surface area contributed by atoms with Gasteiger partial charge in [-0.3, -0.25) is 9.78 Å². The predicted octanol–water partition coefficient (Wildman–Crippen LogP) is 4.35. The summed E-state index contributed by atoms with van der Waals surface area (Å²) in [6.07, 6.45) is 2.89. The molecule has 110 valence electrons. The summed E-state index contributed by atoms with van der Waals surface area (Å²) in [5.74, 6) is -0.692. The first kappa shape index (κ1) is 15.7. The smallest absolute Gasteiger partial charge is 0.387 e. The maximum atomic E-state index is 12.4. The molecule has 4 nitrogen and oxygen atoms in total. The topological polar surface area (TPSA) is 51.2 Å². The summed E-state index contributed by atoms with van der Waals surface area (Å²) in [5, 5.41) is 2.73. The molecule has 8 heteroatoms. The van der Waals surface area contributed by atoms with Crippen LogP contribution in [-0.4, -0.2) is 17.5 Å². The normalized spacial score (nSPS) is 10.5. The van der Waals surface area contributed by atoms with Crippen LogP contribution in [0.2, 0.25) is 5.02 Å². The van der Waals surface area contributed by atoms with Gasteiger partial charge in [0.2, 0.25) is 0 Å². The molecule has 0 aliphatic heterocycles. The Bertz CT molecular complexity index is 656. The Hall–Kier alpha value is -1.73. The second-order valence-electron chi connectivity index (χ2n) is 3.83. The molecule has 2 aromatic rings. The van der Waals surface area contributed by atoms with Gasteiger partial charge in [-0.1, -0.05) is 11.6 Å². The van der Waals surface area contributed by atoms with E-state index in [4.69, 9.17) is 11.6 Å². The van der Waals surface area contributed by atoms with Crippen LogP contribution in [0.1, 0.15) is 10.4 Å². The summed E-state index contributed by atoms with van der Waals surface area (Å²) < 4.78 is 29.5. The second-order valence-corrected chi connectivity index (χ2v) is 5.12. The molecule has 0 radical (unpaired) electrons. The van der Waals surface area contributed by atoms with Crippen molar-refractivity contribution in [1.29, 1.82) is 0 Å². The highest BCUT2D eigenvalue weighted by molar-refractivity contribution is 9.10. The fourth-order valence-electron chi connectivity index (χ4n) is 1.56. The lowest BCUT2D eigenvalue weighted by molar-refractivity contribution is -0.0498. The number of carbonyl (C=O) groups is 1. The van der Waals surface area contributed by atoms with E-state index in [0.29, 0.717) is 5.56 Å². The molecule has 0 aliphatic carbocycles. The van der Waals surface area contributed by atoms with E-state index in [-0.39, 0.29) is 20.9 Å². The molecular formula is C13H8BrClF2N2O2. The second kappa shape index (κ2) is 6.82. The standard InChI is InChI=1S/C13H8BrClF2N2O2/c14-9-5-8(15)6-10(11(9)21-13(16)17)19-12(20)7-1-3-18-4-2-7/h1-6,13H,(H,19,20). The van der Waals surface area contributed by atoms with Gasteiger partial charge in [-0.25, -0.2) is 0 Å². The Morgan fingerprint density at radius 1 is 1.33 bits per heavy atom. The monoisotopic (exact) mass is 376 g/mol.